The average molecular weight is 702 g/mol. The topological polar surface area (TPSA) is 30.7 Å². The highest BCUT2D eigenvalue weighted by Crippen LogP contribution is 2.37. The zero-order valence-corrected chi connectivity index (χ0v) is 30.0. The summed E-state index contributed by atoms with van der Waals surface area (Å²) >= 11 is 0. The van der Waals surface area contributed by atoms with Gasteiger partial charge in [0.15, 0.2) is 5.82 Å². The Kier molecular flexibility index (Phi) is 8.16. The van der Waals surface area contributed by atoms with Gasteiger partial charge in [0.05, 0.1) is 22.4 Å². The van der Waals surface area contributed by atoms with Gasteiger partial charge in [0.2, 0.25) is 0 Å². The summed E-state index contributed by atoms with van der Waals surface area (Å²) in [5, 5.41) is 2.49. The van der Waals surface area contributed by atoms with Crippen molar-refractivity contribution in [2.45, 2.75) is 0 Å². The summed E-state index contributed by atoms with van der Waals surface area (Å²) in [4.78, 5) is 10.2. The molecule has 10 aromatic rings. The molecule has 0 amide bonds. The number of nitrogens with zero attached hydrogens (tertiary/aromatic N) is 3. The summed E-state index contributed by atoms with van der Waals surface area (Å²) in [6.45, 7) is 0. The largest absolute Gasteiger partial charge is 0.309 e. The van der Waals surface area contributed by atoms with Gasteiger partial charge in [-0.15, -0.1) is 0 Å². The first-order valence-electron chi connectivity index (χ1n) is 18.7. The third-order valence-corrected chi connectivity index (χ3v) is 10.4. The quantitative estimate of drug-likeness (QED) is 0.166. The normalized spacial score (nSPS) is 11.3. The molecule has 0 fully saturated rings. The van der Waals surface area contributed by atoms with E-state index in [4.69, 9.17) is 9.97 Å². The Morgan fingerprint density at radius 1 is 0.273 bits per heavy atom. The van der Waals surface area contributed by atoms with Crippen molar-refractivity contribution in [3.8, 4) is 73.0 Å². The van der Waals surface area contributed by atoms with Crippen LogP contribution in [-0.4, -0.2) is 14.5 Å². The molecule has 0 aliphatic rings. The molecule has 0 aliphatic carbocycles. The number of hydrogen-bond acceptors (Lipinski definition) is 2. The van der Waals surface area contributed by atoms with Crippen LogP contribution >= 0.6 is 0 Å². The highest BCUT2D eigenvalue weighted by atomic mass is 15.0. The van der Waals surface area contributed by atoms with Gasteiger partial charge in [0, 0.05) is 33.2 Å². The van der Waals surface area contributed by atoms with Crippen molar-refractivity contribution in [1.82, 2.24) is 14.5 Å². The molecule has 8 aromatic carbocycles. The van der Waals surface area contributed by atoms with Crippen LogP contribution in [0.3, 0.4) is 0 Å². The van der Waals surface area contributed by atoms with Gasteiger partial charge >= 0.3 is 0 Å². The van der Waals surface area contributed by atoms with Crippen LogP contribution in [-0.2, 0) is 0 Å². The van der Waals surface area contributed by atoms with Crippen molar-refractivity contribution in [3.63, 3.8) is 0 Å². The van der Waals surface area contributed by atoms with Crippen LogP contribution < -0.4 is 0 Å². The molecule has 0 saturated carbocycles. The Balaban J connectivity index is 1.05. The number of rotatable bonds is 7. The molecule has 55 heavy (non-hydrogen) atoms. The van der Waals surface area contributed by atoms with Gasteiger partial charge in [-0.05, 0) is 75.8 Å². The number of para-hydroxylation sites is 1. The molecule has 258 valence electrons. The van der Waals surface area contributed by atoms with Crippen molar-refractivity contribution in [2.24, 2.45) is 0 Å². The molecule has 2 heterocycles. The first kappa shape index (κ1) is 32.3. The zero-order chi connectivity index (χ0) is 36.6. The first-order chi connectivity index (χ1) is 27.2. The Hall–Kier alpha value is -7.36. The second-order valence-corrected chi connectivity index (χ2v) is 13.9. The molecular weight excluding hydrogens is 667 g/mol. The van der Waals surface area contributed by atoms with E-state index in [1.165, 1.54) is 44.1 Å². The van der Waals surface area contributed by atoms with E-state index < -0.39 is 0 Å². The Morgan fingerprint density at radius 2 is 0.745 bits per heavy atom. The summed E-state index contributed by atoms with van der Waals surface area (Å²) in [5.74, 6) is 0.703. The Labute approximate surface area is 320 Å². The van der Waals surface area contributed by atoms with Crippen LogP contribution in [0.25, 0.3) is 94.8 Å². The van der Waals surface area contributed by atoms with Gasteiger partial charge in [-0.2, -0.15) is 0 Å². The predicted octanol–water partition coefficient (Wildman–Crippen LogP) is 13.6. The second kappa shape index (κ2) is 13.9. The van der Waals surface area contributed by atoms with Crippen molar-refractivity contribution < 1.29 is 0 Å². The van der Waals surface area contributed by atoms with Gasteiger partial charge in [0.25, 0.3) is 0 Å². The fourth-order valence-corrected chi connectivity index (χ4v) is 7.67. The molecule has 3 heteroatoms. The molecule has 0 radical (unpaired) electrons. The molecule has 10 rings (SSSR count). The van der Waals surface area contributed by atoms with E-state index >= 15 is 0 Å². The summed E-state index contributed by atoms with van der Waals surface area (Å²) in [7, 11) is 0. The molecule has 3 nitrogen and oxygen atoms in total. The van der Waals surface area contributed by atoms with E-state index in [9.17, 15) is 0 Å². The smallest absolute Gasteiger partial charge is 0.160 e. The van der Waals surface area contributed by atoms with Crippen molar-refractivity contribution in [1.29, 1.82) is 0 Å². The van der Waals surface area contributed by atoms with Crippen LogP contribution in [0.2, 0.25) is 0 Å². The van der Waals surface area contributed by atoms with Crippen LogP contribution in [0.4, 0.5) is 0 Å². The molecule has 0 N–H and O–H groups in total. The summed E-state index contributed by atoms with van der Waals surface area (Å²) < 4.78 is 2.39. The van der Waals surface area contributed by atoms with E-state index in [-0.39, 0.29) is 0 Å². The molecular formula is C52H35N3. The third kappa shape index (κ3) is 6.18. The van der Waals surface area contributed by atoms with Crippen molar-refractivity contribution in [3.05, 3.63) is 212 Å². The highest BCUT2D eigenvalue weighted by Gasteiger charge is 2.15. The van der Waals surface area contributed by atoms with Crippen molar-refractivity contribution in [2.75, 3.05) is 0 Å². The van der Waals surface area contributed by atoms with E-state index in [1.54, 1.807) is 0 Å². The molecule has 0 aliphatic heterocycles. The van der Waals surface area contributed by atoms with Crippen molar-refractivity contribution >= 4 is 21.8 Å². The number of aromatic nitrogens is 3. The molecule has 0 spiro atoms. The maximum atomic E-state index is 5.14. The van der Waals surface area contributed by atoms with E-state index in [2.05, 4.69) is 193 Å². The van der Waals surface area contributed by atoms with Crippen LogP contribution in [0.5, 0.6) is 0 Å². The SMILES string of the molecule is c1ccc(-c2ccc(-c3cc(-c4cccc(-c5cccc(-n6c7ccccc7c7cc(-c8ccccc8)ccc76)c5)c4)nc(-c4ccccc4)n3)cc2)cc1. The van der Waals surface area contributed by atoms with Gasteiger partial charge in [-0.1, -0.05) is 170 Å². The zero-order valence-electron chi connectivity index (χ0n) is 30.0. The molecule has 0 saturated heterocycles. The lowest BCUT2D eigenvalue weighted by molar-refractivity contribution is 1.18. The number of fused-ring (bicyclic) bond motifs is 3. The van der Waals surface area contributed by atoms with E-state index in [0.29, 0.717) is 5.82 Å². The summed E-state index contributed by atoms with van der Waals surface area (Å²) in [6, 6.07) is 75.1. The first-order valence-corrected chi connectivity index (χ1v) is 18.7. The van der Waals surface area contributed by atoms with Gasteiger partial charge in [0.1, 0.15) is 0 Å². The third-order valence-electron chi connectivity index (χ3n) is 10.4. The Morgan fingerprint density at radius 3 is 1.47 bits per heavy atom. The lowest BCUT2D eigenvalue weighted by Crippen LogP contribution is -1.96. The predicted molar refractivity (Wildman–Crippen MR) is 229 cm³/mol. The van der Waals surface area contributed by atoms with E-state index in [0.717, 1.165) is 44.9 Å². The van der Waals surface area contributed by atoms with Crippen LogP contribution in [0.1, 0.15) is 0 Å². The van der Waals surface area contributed by atoms with Gasteiger partial charge in [-0.3, -0.25) is 0 Å². The fraction of sp³-hybridized carbons (Fsp3) is 0. The number of benzene rings is 8. The average Bonchev–Trinajstić information content (AvgIpc) is 3.61. The standard InChI is InChI=1S/C52H35N3/c1-4-14-36(15-5-1)38-26-28-39(29-27-38)48-35-49(54-52(53-48)40-18-8-3-9-19-40)44-22-12-20-41(32-44)42-21-13-23-45(33-42)55-50-25-11-10-24-46(50)47-34-43(30-31-51(47)55)37-16-6-2-7-17-37/h1-35H. The molecule has 0 unspecified atom stereocenters. The second-order valence-electron chi connectivity index (χ2n) is 13.9. The van der Waals surface area contributed by atoms with Crippen LogP contribution in [0.15, 0.2) is 212 Å². The maximum absolute atomic E-state index is 5.14. The molecule has 2 aromatic heterocycles. The monoisotopic (exact) mass is 701 g/mol. The lowest BCUT2D eigenvalue weighted by Gasteiger charge is -2.13. The minimum Gasteiger partial charge on any atom is -0.309 e. The minimum absolute atomic E-state index is 0.703. The summed E-state index contributed by atoms with van der Waals surface area (Å²) in [5.41, 5.74) is 15.4. The lowest BCUT2D eigenvalue weighted by atomic mass is 9.99. The molecule has 0 bridgehead atoms. The summed E-state index contributed by atoms with van der Waals surface area (Å²) in [6.07, 6.45) is 0. The fourth-order valence-electron chi connectivity index (χ4n) is 7.67. The maximum Gasteiger partial charge on any atom is 0.160 e. The molecule has 0 atom stereocenters. The minimum atomic E-state index is 0.703. The van der Waals surface area contributed by atoms with Gasteiger partial charge in [-0.25, -0.2) is 9.97 Å². The number of hydrogen-bond donors (Lipinski definition) is 0. The Bertz CT molecular complexity index is 2950. The van der Waals surface area contributed by atoms with E-state index in [1.807, 2.05) is 24.3 Å². The van der Waals surface area contributed by atoms with Gasteiger partial charge < -0.3 is 4.57 Å². The highest BCUT2D eigenvalue weighted by molar-refractivity contribution is 6.10. The van der Waals surface area contributed by atoms with Crippen LogP contribution in [0, 0.1) is 0 Å².